The number of rotatable bonds is 4. The monoisotopic (exact) mass is 333 g/mol. The predicted molar refractivity (Wildman–Crippen MR) is 98.9 cm³/mol. The van der Waals surface area contributed by atoms with Crippen molar-refractivity contribution >= 4 is 29.3 Å². The van der Waals surface area contributed by atoms with Gasteiger partial charge in [0.1, 0.15) is 11.6 Å². The largest absolute Gasteiger partial charge is 0.326 e. The minimum Gasteiger partial charge on any atom is -0.326 e. The van der Waals surface area contributed by atoms with Crippen LogP contribution in [0.3, 0.4) is 0 Å². The molecule has 0 saturated carbocycles. The first-order chi connectivity index (χ1) is 11.9. The van der Waals surface area contributed by atoms with Crippen LogP contribution in [0.5, 0.6) is 0 Å². The van der Waals surface area contributed by atoms with Gasteiger partial charge in [0.15, 0.2) is 0 Å². The Labute approximate surface area is 147 Å². The van der Waals surface area contributed by atoms with Crippen molar-refractivity contribution in [3.8, 4) is 6.07 Å². The first kappa shape index (κ1) is 18.0. The molecular formula is C20H19N3O2. The lowest BCUT2D eigenvalue weighted by Crippen LogP contribution is -2.13. The number of hydrogen-bond donors (Lipinski definition) is 2. The Bertz CT molecular complexity index is 875. The van der Waals surface area contributed by atoms with Crippen molar-refractivity contribution in [3.05, 3.63) is 64.7 Å². The Hall–Kier alpha value is -3.39. The third-order valence-electron chi connectivity index (χ3n) is 3.56. The molecule has 2 aromatic carbocycles. The maximum atomic E-state index is 12.3. The standard InChI is InChI=1S/C20H19N3O2/c1-13-4-5-14(2)16(10-13)11-17(12-21)20(25)23-19-8-6-18(7-9-19)22-15(3)24/h4-11H,1-3H3,(H,22,24)(H,23,25)/b17-11+. The molecule has 0 heterocycles. The molecule has 0 unspecified atom stereocenters. The minimum atomic E-state index is -0.476. The van der Waals surface area contributed by atoms with Gasteiger partial charge in [-0.15, -0.1) is 0 Å². The van der Waals surface area contributed by atoms with Gasteiger partial charge in [-0.2, -0.15) is 5.26 Å². The van der Waals surface area contributed by atoms with E-state index in [0.717, 1.165) is 16.7 Å². The molecule has 2 aromatic rings. The second-order valence-corrected chi connectivity index (χ2v) is 5.74. The molecule has 0 spiro atoms. The van der Waals surface area contributed by atoms with E-state index in [9.17, 15) is 14.9 Å². The van der Waals surface area contributed by atoms with Gasteiger partial charge < -0.3 is 10.6 Å². The van der Waals surface area contributed by atoms with E-state index in [2.05, 4.69) is 10.6 Å². The molecule has 126 valence electrons. The molecule has 5 heteroatoms. The van der Waals surface area contributed by atoms with Crippen LogP contribution in [-0.4, -0.2) is 11.8 Å². The van der Waals surface area contributed by atoms with Crippen molar-refractivity contribution in [2.45, 2.75) is 20.8 Å². The number of carbonyl (C=O) groups is 2. The number of anilines is 2. The first-order valence-electron chi connectivity index (χ1n) is 7.77. The predicted octanol–water partition coefficient (Wildman–Crippen LogP) is 3.81. The van der Waals surface area contributed by atoms with Crippen LogP contribution < -0.4 is 10.6 Å². The Morgan fingerprint density at radius 1 is 1.00 bits per heavy atom. The van der Waals surface area contributed by atoms with Gasteiger partial charge in [0, 0.05) is 18.3 Å². The quantitative estimate of drug-likeness (QED) is 0.659. The fourth-order valence-corrected chi connectivity index (χ4v) is 2.26. The summed E-state index contributed by atoms with van der Waals surface area (Å²) in [5.41, 5.74) is 4.10. The number of amides is 2. The third kappa shape index (κ3) is 5.05. The van der Waals surface area contributed by atoms with Crippen LogP contribution in [0.1, 0.15) is 23.6 Å². The Morgan fingerprint density at radius 2 is 1.60 bits per heavy atom. The summed E-state index contributed by atoms with van der Waals surface area (Å²) >= 11 is 0. The fourth-order valence-electron chi connectivity index (χ4n) is 2.26. The van der Waals surface area contributed by atoms with Gasteiger partial charge in [-0.1, -0.05) is 23.8 Å². The molecule has 0 saturated heterocycles. The highest BCUT2D eigenvalue weighted by molar-refractivity contribution is 6.09. The second kappa shape index (κ2) is 7.93. The van der Waals surface area contributed by atoms with Crippen molar-refractivity contribution in [3.63, 3.8) is 0 Å². The van der Waals surface area contributed by atoms with E-state index in [1.807, 2.05) is 38.1 Å². The number of nitriles is 1. The fraction of sp³-hybridized carbons (Fsp3) is 0.150. The first-order valence-corrected chi connectivity index (χ1v) is 7.77. The molecule has 0 aliphatic rings. The van der Waals surface area contributed by atoms with E-state index < -0.39 is 5.91 Å². The SMILES string of the molecule is CC(=O)Nc1ccc(NC(=O)/C(C#N)=C/c2cc(C)ccc2C)cc1. The molecule has 2 N–H and O–H groups in total. The summed E-state index contributed by atoms with van der Waals surface area (Å²) in [6.07, 6.45) is 1.59. The molecule has 0 atom stereocenters. The summed E-state index contributed by atoms with van der Waals surface area (Å²) in [4.78, 5) is 23.3. The average molecular weight is 333 g/mol. The summed E-state index contributed by atoms with van der Waals surface area (Å²) in [6.45, 7) is 5.31. The van der Waals surface area contributed by atoms with Crippen LogP contribution in [0.4, 0.5) is 11.4 Å². The lowest BCUT2D eigenvalue weighted by Gasteiger charge is -2.07. The number of carbonyl (C=O) groups excluding carboxylic acids is 2. The number of hydrogen-bond acceptors (Lipinski definition) is 3. The molecule has 5 nitrogen and oxygen atoms in total. The van der Waals surface area contributed by atoms with E-state index in [1.54, 1.807) is 30.3 Å². The number of nitrogens with zero attached hydrogens (tertiary/aromatic N) is 1. The molecular weight excluding hydrogens is 314 g/mol. The van der Waals surface area contributed by atoms with Gasteiger partial charge in [-0.05, 0) is 55.3 Å². The van der Waals surface area contributed by atoms with Gasteiger partial charge in [-0.25, -0.2) is 0 Å². The van der Waals surface area contributed by atoms with Gasteiger partial charge in [0.25, 0.3) is 5.91 Å². The molecule has 2 amide bonds. The topological polar surface area (TPSA) is 82.0 Å². The molecule has 25 heavy (non-hydrogen) atoms. The van der Waals surface area contributed by atoms with Crippen LogP contribution in [0.25, 0.3) is 6.08 Å². The van der Waals surface area contributed by atoms with Crippen LogP contribution in [0, 0.1) is 25.2 Å². The Balaban J connectivity index is 2.17. The smallest absolute Gasteiger partial charge is 0.266 e. The molecule has 0 aromatic heterocycles. The van der Waals surface area contributed by atoms with E-state index in [4.69, 9.17) is 0 Å². The van der Waals surface area contributed by atoms with Crippen molar-refractivity contribution in [2.24, 2.45) is 0 Å². The molecule has 0 bridgehead atoms. The minimum absolute atomic E-state index is 0.0274. The molecule has 2 rings (SSSR count). The lowest BCUT2D eigenvalue weighted by atomic mass is 10.0. The molecule has 0 fully saturated rings. The van der Waals surface area contributed by atoms with Gasteiger partial charge in [0.2, 0.25) is 5.91 Å². The highest BCUT2D eigenvalue weighted by atomic mass is 16.2. The Kier molecular flexibility index (Phi) is 5.70. The molecule has 0 radical (unpaired) electrons. The van der Waals surface area contributed by atoms with Gasteiger partial charge in [-0.3, -0.25) is 9.59 Å². The van der Waals surface area contributed by atoms with Gasteiger partial charge in [0.05, 0.1) is 0 Å². The van der Waals surface area contributed by atoms with Crippen LogP contribution in [0.15, 0.2) is 48.0 Å². The van der Waals surface area contributed by atoms with Crippen LogP contribution in [-0.2, 0) is 9.59 Å². The maximum Gasteiger partial charge on any atom is 0.266 e. The highest BCUT2D eigenvalue weighted by Crippen LogP contribution is 2.17. The summed E-state index contributed by atoms with van der Waals surface area (Å²) in [5.74, 6) is -0.643. The van der Waals surface area contributed by atoms with E-state index >= 15 is 0 Å². The highest BCUT2D eigenvalue weighted by Gasteiger charge is 2.10. The number of aryl methyl sites for hydroxylation is 2. The van der Waals surface area contributed by atoms with Gasteiger partial charge >= 0.3 is 0 Å². The van der Waals surface area contributed by atoms with Crippen molar-refractivity contribution in [2.75, 3.05) is 10.6 Å². The Morgan fingerprint density at radius 3 is 2.16 bits per heavy atom. The summed E-state index contributed by atoms with van der Waals surface area (Å²) in [6, 6.07) is 14.5. The third-order valence-corrected chi connectivity index (χ3v) is 3.56. The maximum absolute atomic E-state index is 12.3. The summed E-state index contributed by atoms with van der Waals surface area (Å²) in [7, 11) is 0. The lowest BCUT2D eigenvalue weighted by molar-refractivity contribution is -0.114. The van der Waals surface area contributed by atoms with Crippen LogP contribution >= 0.6 is 0 Å². The van der Waals surface area contributed by atoms with Crippen molar-refractivity contribution in [1.82, 2.24) is 0 Å². The zero-order valence-corrected chi connectivity index (χ0v) is 14.4. The van der Waals surface area contributed by atoms with Crippen molar-refractivity contribution in [1.29, 1.82) is 5.26 Å². The zero-order chi connectivity index (χ0) is 18.4. The molecule has 0 aliphatic carbocycles. The van der Waals surface area contributed by atoms with E-state index in [1.165, 1.54) is 6.92 Å². The number of nitrogens with one attached hydrogen (secondary N) is 2. The van der Waals surface area contributed by atoms with E-state index in [0.29, 0.717) is 11.4 Å². The molecule has 0 aliphatic heterocycles. The zero-order valence-electron chi connectivity index (χ0n) is 14.4. The summed E-state index contributed by atoms with van der Waals surface area (Å²) < 4.78 is 0. The van der Waals surface area contributed by atoms with Crippen molar-refractivity contribution < 1.29 is 9.59 Å². The normalized spacial score (nSPS) is 10.7. The second-order valence-electron chi connectivity index (χ2n) is 5.74. The number of benzene rings is 2. The van der Waals surface area contributed by atoms with E-state index in [-0.39, 0.29) is 11.5 Å². The summed E-state index contributed by atoms with van der Waals surface area (Å²) in [5, 5.41) is 14.6. The van der Waals surface area contributed by atoms with Crippen LogP contribution in [0.2, 0.25) is 0 Å². The average Bonchev–Trinajstić information content (AvgIpc) is 2.56.